The van der Waals surface area contributed by atoms with Crippen LogP contribution in [-0.4, -0.2) is 19.8 Å². The molecule has 1 rings (SSSR count). The van der Waals surface area contributed by atoms with E-state index >= 15 is 0 Å². The van der Waals surface area contributed by atoms with Gasteiger partial charge < -0.3 is 15.2 Å². The molecule has 1 aromatic carbocycles. The number of hydrogen-bond donors (Lipinski definition) is 1. The van der Waals surface area contributed by atoms with Crippen LogP contribution in [0.3, 0.4) is 0 Å². The third-order valence-corrected chi connectivity index (χ3v) is 2.70. The van der Waals surface area contributed by atoms with E-state index in [1.165, 1.54) is 0 Å². The third kappa shape index (κ3) is 4.40. The van der Waals surface area contributed by atoms with E-state index in [-0.39, 0.29) is 6.10 Å². The van der Waals surface area contributed by atoms with Crippen molar-refractivity contribution in [2.45, 2.75) is 33.0 Å². The minimum absolute atomic E-state index is 0.269. The van der Waals surface area contributed by atoms with Gasteiger partial charge in [-0.2, -0.15) is 0 Å². The molecule has 0 aromatic heterocycles. The average Bonchev–Trinajstić information content (AvgIpc) is 2.42. The Labute approximate surface area is 109 Å². The van der Waals surface area contributed by atoms with E-state index in [2.05, 4.69) is 25.7 Å². The van der Waals surface area contributed by atoms with Gasteiger partial charge in [-0.05, 0) is 31.0 Å². The summed E-state index contributed by atoms with van der Waals surface area (Å²) in [6.45, 7) is 5.11. The van der Waals surface area contributed by atoms with Crippen LogP contribution in [0.15, 0.2) is 18.2 Å². The molecule has 0 fully saturated rings. The monoisotopic (exact) mass is 247 g/mol. The standard InChI is InChI=1S/C15H21NO2/c1-4-12(2)18-11-13-7-8-15(17-3)14(10-13)6-5-9-16/h7-8,10,12H,4,9,11,16H2,1-3H3. The number of ether oxygens (including phenoxy) is 2. The van der Waals surface area contributed by atoms with Gasteiger partial charge in [-0.1, -0.05) is 24.8 Å². The van der Waals surface area contributed by atoms with Gasteiger partial charge >= 0.3 is 0 Å². The quantitative estimate of drug-likeness (QED) is 0.812. The van der Waals surface area contributed by atoms with Crippen LogP contribution in [0.4, 0.5) is 0 Å². The van der Waals surface area contributed by atoms with E-state index in [1.54, 1.807) is 7.11 Å². The van der Waals surface area contributed by atoms with Crippen molar-refractivity contribution in [3.05, 3.63) is 29.3 Å². The van der Waals surface area contributed by atoms with E-state index in [1.807, 2.05) is 18.2 Å². The highest BCUT2D eigenvalue weighted by Gasteiger charge is 2.04. The van der Waals surface area contributed by atoms with Gasteiger partial charge in [0.05, 0.1) is 31.9 Å². The van der Waals surface area contributed by atoms with Crippen molar-refractivity contribution in [1.82, 2.24) is 0 Å². The van der Waals surface area contributed by atoms with Crippen LogP contribution in [0.25, 0.3) is 0 Å². The van der Waals surface area contributed by atoms with Gasteiger partial charge in [0.25, 0.3) is 0 Å². The van der Waals surface area contributed by atoms with Crippen LogP contribution in [-0.2, 0) is 11.3 Å². The van der Waals surface area contributed by atoms with Gasteiger partial charge in [-0.3, -0.25) is 0 Å². The highest BCUT2D eigenvalue weighted by molar-refractivity contribution is 5.48. The summed E-state index contributed by atoms with van der Waals surface area (Å²) in [7, 11) is 1.64. The zero-order valence-electron chi connectivity index (χ0n) is 11.3. The van der Waals surface area contributed by atoms with Gasteiger partial charge in [-0.25, -0.2) is 0 Å². The largest absolute Gasteiger partial charge is 0.495 e. The van der Waals surface area contributed by atoms with Crippen LogP contribution in [0.5, 0.6) is 5.75 Å². The van der Waals surface area contributed by atoms with Crippen molar-refractivity contribution in [3.63, 3.8) is 0 Å². The molecule has 98 valence electrons. The minimum atomic E-state index is 0.269. The molecule has 0 bridgehead atoms. The smallest absolute Gasteiger partial charge is 0.134 e. The van der Waals surface area contributed by atoms with Crippen molar-refractivity contribution < 1.29 is 9.47 Å². The molecule has 0 aliphatic heterocycles. The second kappa shape index (κ2) is 7.75. The molecule has 1 atom stereocenters. The van der Waals surface area contributed by atoms with Crippen LogP contribution in [0.1, 0.15) is 31.4 Å². The highest BCUT2D eigenvalue weighted by atomic mass is 16.5. The van der Waals surface area contributed by atoms with E-state index in [0.29, 0.717) is 13.2 Å². The Hall–Kier alpha value is -1.50. The Morgan fingerprint density at radius 3 is 2.78 bits per heavy atom. The fourth-order valence-corrected chi connectivity index (χ4v) is 1.45. The summed E-state index contributed by atoms with van der Waals surface area (Å²) in [5.74, 6) is 6.62. The topological polar surface area (TPSA) is 44.5 Å². The maximum atomic E-state index is 5.70. The Balaban J connectivity index is 2.82. The molecule has 2 N–H and O–H groups in total. The van der Waals surface area contributed by atoms with E-state index in [0.717, 1.165) is 23.3 Å². The molecule has 3 heteroatoms. The van der Waals surface area contributed by atoms with Crippen LogP contribution in [0, 0.1) is 11.8 Å². The van der Waals surface area contributed by atoms with Gasteiger partial charge in [0, 0.05) is 0 Å². The predicted molar refractivity (Wildman–Crippen MR) is 73.5 cm³/mol. The summed E-state index contributed by atoms with van der Waals surface area (Å²) >= 11 is 0. The average molecular weight is 247 g/mol. The lowest BCUT2D eigenvalue weighted by molar-refractivity contribution is 0.0508. The van der Waals surface area contributed by atoms with Gasteiger partial charge in [0.2, 0.25) is 0 Å². The van der Waals surface area contributed by atoms with Crippen molar-refractivity contribution in [1.29, 1.82) is 0 Å². The molecule has 3 nitrogen and oxygen atoms in total. The molecular weight excluding hydrogens is 226 g/mol. The number of rotatable bonds is 5. The fourth-order valence-electron chi connectivity index (χ4n) is 1.45. The summed E-state index contributed by atoms with van der Waals surface area (Å²) in [6.07, 6.45) is 1.28. The lowest BCUT2D eigenvalue weighted by atomic mass is 10.1. The molecular formula is C15H21NO2. The summed E-state index contributed by atoms with van der Waals surface area (Å²) in [5.41, 5.74) is 7.33. The second-order valence-corrected chi connectivity index (χ2v) is 4.07. The molecule has 0 amide bonds. The molecule has 1 aromatic rings. The van der Waals surface area contributed by atoms with E-state index in [9.17, 15) is 0 Å². The first-order valence-electron chi connectivity index (χ1n) is 6.18. The molecule has 18 heavy (non-hydrogen) atoms. The molecule has 0 aliphatic carbocycles. The van der Waals surface area contributed by atoms with Crippen molar-refractivity contribution >= 4 is 0 Å². The maximum Gasteiger partial charge on any atom is 0.134 e. The molecule has 0 aliphatic rings. The SMILES string of the molecule is CCC(C)OCc1ccc(OC)c(C#CCN)c1. The number of methoxy groups -OCH3 is 1. The molecule has 0 spiro atoms. The summed E-state index contributed by atoms with van der Waals surface area (Å²) in [5, 5.41) is 0. The van der Waals surface area contributed by atoms with Gasteiger partial charge in [0.1, 0.15) is 5.75 Å². The molecule has 0 radical (unpaired) electrons. The molecule has 0 heterocycles. The number of nitrogens with two attached hydrogens (primary N) is 1. The zero-order valence-corrected chi connectivity index (χ0v) is 11.3. The first-order valence-corrected chi connectivity index (χ1v) is 6.18. The third-order valence-electron chi connectivity index (χ3n) is 2.70. The molecule has 0 saturated heterocycles. The Bertz CT molecular complexity index is 432. The number of hydrogen-bond acceptors (Lipinski definition) is 3. The Morgan fingerprint density at radius 2 is 2.17 bits per heavy atom. The summed E-state index contributed by atoms with van der Waals surface area (Å²) in [4.78, 5) is 0. The van der Waals surface area contributed by atoms with Gasteiger partial charge in [0.15, 0.2) is 0 Å². The first kappa shape index (κ1) is 14.6. The highest BCUT2D eigenvalue weighted by Crippen LogP contribution is 2.19. The fraction of sp³-hybridized carbons (Fsp3) is 0.467. The Morgan fingerprint density at radius 1 is 1.39 bits per heavy atom. The lowest BCUT2D eigenvalue weighted by Crippen LogP contribution is -2.06. The van der Waals surface area contributed by atoms with Crippen molar-refractivity contribution in [2.24, 2.45) is 5.73 Å². The molecule has 1 unspecified atom stereocenters. The van der Waals surface area contributed by atoms with Crippen molar-refractivity contribution in [3.8, 4) is 17.6 Å². The zero-order chi connectivity index (χ0) is 13.4. The van der Waals surface area contributed by atoms with Gasteiger partial charge in [-0.15, -0.1) is 0 Å². The maximum absolute atomic E-state index is 5.70. The summed E-state index contributed by atoms with van der Waals surface area (Å²) in [6, 6.07) is 5.90. The minimum Gasteiger partial charge on any atom is -0.495 e. The lowest BCUT2D eigenvalue weighted by Gasteiger charge is -2.11. The van der Waals surface area contributed by atoms with E-state index in [4.69, 9.17) is 15.2 Å². The van der Waals surface area contributed by atoms with E-state index < -0.39 is 0 Å². The number of benzene rings is 1. The predicted octanol–water partition coefficient (Wildman–Crippen LogP) is 2.32. The second-order valence-electron chi connectivity index (χ2n) is 4.07. The van der Waals surface area contributed by atoms with Crippen LogP contribution in [0.2, 0.25) is 0 Å². The first-order chi connectivity index (χ1) is 8.71. The van der Waals surface area contributed by atoms with Crippen molar-refractivity contribution in [2.75, 3.05) is 13.7 Å². The van der Waals surface area contributed by atoms with Crippen LogP contribution < -0.4 is 10.5 Å². The summed E-state index contributed by atoms with van der Waals surface area (Å²) < 4.78 is 11.0. The molecule has 0 saturated carbocycles. The van der Waals surface area contributed by atoms with Crippen LogP contribution >= 0.6 is 0 Å². The Kier molecular flexibility index (Phi) is 6.27. The normalized spacial score (nSPS) is 11.6.